The maximum absolute atomic E-state index is 12.9. The largest absolute Gasteiger partial charge is 0.494 e. The van der Waals surface area contributed by atoms with E-state index in [2.05, 4.69) is 9.98 Å². The van der Waals surface area contributed by atoms with E-state index in [1.807, 2.05) is 19.0 Å². The average molecular weight is 348 g/mol. The second kappa shape index (κ2) is 8.39. The molecule has 0 aliphatic heterocycles. The molecule has 1 aromatic carbocycles. The van der Waals surface area contributed by atoms with Crippen LogP contribution in [-0.4, -0.2) is 53.0 Å². The number of H-pyrrole nitrogens is 1. The standard InChI is InChI=1S/C17H21FN4O3/c1-21(2)10-8-19-11-14-15(23)20-17(25)22(16(14)24)9-7-12-3-5-13(18)6-4-12/h3-6,11,24H,7-10H2,1-2H3,(H,20,23,25). The third-order valence-corrected chi connectivity index (χ3v) is 3.64. The number of rotatable bonds is 7. The van der Waals surface area contributed by atoms with Gasteiger partial charge in [0.15, 0.2) is 0 Å². The van der Waals surface area contributed by atoms with Crippen molar-refractivity contribution in [1.82, 2.24) is 14.5 Å². The molecule has 0 saturated heterocycles. The molecule has 0 aliphatic carbocycles. The predicted molar refractivity (Wildman–Crippen MR) is 94.1 cm³/mol. The van der Waals surface area contributed by atoms with Crippen LogP contribution in [0.25, 0.3) is 0 Å². The van der Waals surface area contributed by atoms with Gasteiger partial charge in [-0.15, -0.1) is 0 Å². The first kappa shape index (κ1) is 18.6. The lowest BCUT2D eigenvalue weighted by Gasteiger charge is -2.10. The third-order valence-electron chi connectivity index (χ3n) is 3.64. The molecule has 25 heavy (non-hydrogen) atoms. The maximum atomic E-state index is 12.9. The highest BCUT2D eigenvalue weighted by Gasteiger charge is 2.12. The summed E-state index contributed by atoms with van der Waals surface area (Å²) in [4.78, 5) is 32.0. The number of nitrogens with one attached hydrogen (secondary N) is 1. The average Bonchev–Trinajstić information content (AvgIpc) is 2.55. The fraction of sp³-hybridized carbons (Fsp3) is 0.353. The Kier molecular flexibility index (Phi) is 6.24. The minimum absolute atomic E-state index is 0.0579. The van der Waals surface area contributed by atoms with Gasteiger partial charge in [-0.1, -0.05) is 12.1 Å². The van der Waals surface area contributed by atoms with Crippen LogP contribution in [0.5, 0.6) is 5.88 Å². The van der Waals surface area contributed by atoms with Gasteiger partial charge in [0.2, 0.25) is 5.88 Å². The number of aryl methyl sites for hydroxylation is 1. The van der Waals surface area contributed by atoms with Crippen LogP contribution in [0.1, 0.15) is 11.1 Å². The van der Waals surface area contributed by atoms with E-state index in [0.717, 1.165) is 10.1 Å². The molecule has 0 radical (unpaired) electrons. The van der Waals surface area contributed by atoms with Crippen LogP contribution in [0.15, 0.2) is 38.8 Å². The smallest absolute Gasteiger partial charge is 0.331 e. The molecule has 0 unspecified atom stereocenters. The zero-order valence-corrected chi connectivity index (χ0v) is 14.2. The molecule has 0 aliphatic rings. The van der Waals surface area contributed by atoms with E-state index in [0.29, 0.717) is 19.5 Å². The number of nitrogens with zero attached hydrogens (tertiary/aromatic N) is 3. The Bertz CT molecular complexity index is 854. The number of aromatic nitrogens is 2. The number of aliphatic imine (C=N–C) groups is 1. The van der Waals surface area contributed by atoms with Crippen molar-refractivity contribution in [3.63, 3.8) is 0 Å². The lowest BCUT2D eigenvalue weighted by atomic mass is 10.1. The van der Waals surface area contributed by atoms with Gasteiger partial charge in [-0.3, -0.25) is 19.3 Å². The molecule has 1 aromatic heterocycles. The lowest BCUT2D eigenvalue weighted by Crippen LogP contribution is -2.32. The summed E-state index contributed by atoms with van der Waals surface area (Å²) in [5.41, 5.74) is -0.637. The van der Waals surface area contributed by atoms with Crippen molar-refractivity contribution in [3.05, 3.63) is 62.0 Å². The molecule has 0 amide bonds. The third kappa shape index (κ3) is 5.12. The zero-order chi connectivity index (χ0) is 18.4. The van der Waals surface area contributed by atoms with E-state index >= 15 is 0 Å². The molecule has 0 fully saturated rings. The number of likely N-dealkylation sites (N-methyl/N-ethyl adjacent to an activating group) is 1. The van der Waals surface area contributed by atoms with E-state index in [9.17, 15) is 19.1 Å². The first-order chi connectivity index (χ1) is 11.9. The summed E-state index contributed by atoms with van der Waals surface area (Å²) in [6.45, 7) is 1.30. The molecule has 0 spiro atoms. The summed E-state index contributed by atoms with van der Waals surface area (Å²) in [7, 11) is 3.80. The second-order valence-electron chi connectivity index (χ2n) is 5.86. The van der Waals surface area contributed by atoms with Crippen LogP contribution in [0.4, 0.5) is 4.39 Å². The van der Waals surface area contributed by atoms with Gasteiger partial charge in [-0.05, 0) is 38.2 Å². The predicted octanol–water partition coefficient (Wildman–Crippen LogP) is 0.604. The van der Waals surface area contributed by atoms with E-state index in [-0.39, 0.29) is 17.9 Å². The quantitative estimate of drug-likeness (QED) is 0.717. The van der Waals surface area contributed by atoms with Crippen molar-refractivity contribution < 1.29 is 9.50 Å². The molecule has 0 bridgehead atoms. The van der Waals surface area contributed by atoms with Gasteiger partial charge in [0.25, 0.3) is 5.56 Å². The van der Waals surface area contributed by atoms with Gasteiger partial charge < -0.3 is 10.0 Å². The van der Waals surface area contributed by atoms with Crippen molar-refractivity contribution in [2.45, 2.75) is 13.0 Å². The summed E-state index contributed by atoms with van der Waals surface area (Å²) in [6, 6.07) is 5.86. The van der Waals surface area contributed by atoms with Crippen LogP contribution >= 0.6 is 0 Å². The normalized spacial score (nSPS) is 11.5. The molecule has 0 saturated carbocycles. The highest BCUT2D eigenvalue weighted by Crippen LogP contribution is 2.10. The van der Waals surface area contributed by atoms with Crippen LogP contribution in [0, 0.1) is 5.82 Å². The topological polar surface area (TPSA) is 90.7 Å². The summed E-state index contributed by atoms with van der Waals surface area (Å²) >= 11 is 0. The summed E-state index contributed by atoms with van der Waals surface area (Å²) in [5, 5.41) is 10.3. The van der Waals surface area contributed by atoms with E-state index < -0.39 is 17.1 Å². The fourth-order valence-electron chi connectivity index (χ4n) is 2.20. The molecule has 2 N–H and O–H groups in total. The van der Waals surface area contributed by atoms with Gasteiger partial charge in [0, 0.05) is 19.3 Å². The molecule has 8 heteroatoms. The lowest BCUT2D eigenvalue weighted by molar-refractivity contribution is 0.399. The number of benzene rings is 1. The first-order valence-electron chi connectivity index (χ1n) is 7.83. The van der Waals surface area contributed by atoms with Gasteiger partial charge in [-0.2, -0.15) is 0 Å². The molecule has 2 aromatic rings. The number of hydrogen-bond acceptors (Lipinski definition) is 5. The zero-order valence-electron chi connectivity index (χ0n) is 14.2. The molecule has 0 atom stereocenters. The van der Waals surface area contributed by atoms with Crippen molar-refractivity contribution in [3.8, 4) is 5.88 Å². The Morgan fingerprint density at radius 2 is 1.96 bits per heavy atom. The summed E-state index contributed by atoms with van der Waals surface area (Å²) in [6.07, 6.45) is 1.67. The Morgan fingerprint density at radius 3 is 2.60 bits per heavy atom. The SMILES string of the molecule is CN(C)CCN=Cc1c(O)n(CCc2ccc(F)cc2)c(=O)[nH]c1=O. The van der Waals surface area contributed by atoms with Crippen molar-refractivity contribution >= 4 is 6.21 Å². The second-order valence-corrected chi connectivity index (χ2v) is 5.86. The monoisotopic (exact) mass is 348 g/mol. The number of aromatic amines is 1. The minimum atomic E-state index is -0.699. The van der Waals surface area contributed by atoms with Crippen molar-refractivity contribution in [2.24, 2.45) is 4.99 Å². The van der Waals surface area contributed by atoms with E-state index in [1.54, 1.807) is 12.1 Å². The summed E-state index contributed by atoms with van der Waals surface area (Å²) in [5.74, 6) is -0.770. The fourth-order valence-corrected chi connectivity index (χ4v) is 2.20. The highest BCUT2D eigenvalue weighted by atomic mass is 19.1. The van der Waals surface area contributed by atoms with E-state index in [1.165, 1.54) is 18.3 Å². The van der Waals surface area contributed by atoms with Gasteiger partial charge in [-0.25, -0.2) is 9.18 Å². The number of aromatic hydroxyl groups is 1. The van der Waals surface area contributed by atoms with E-state index in [4.69, 9.17) is 0 Å². The minimum Gasteiger partial charge on any atom is -0.494 e. The van der Waals surface area contributed by atoms with Gasteiger partial charge in [0.1, 0.15) is 11.4 Å². The van der Waals surface area contributed by atoms with Gasteiger partial charge in [0.05, 0.1) is 6.54 Å². The molecule has 1 heterocycles. The highest BCUT2D eigenvalue weighted by molar-refractivity contribution is 5.81. The van der Waals surface area contributed by atoms with Crippen LogP contribution in [0.3, 0.4) is 0 Å². The number of halogens is 1. The van der Waals surface area contributed by atoms with Gasteiger partial charge >= 0.3 is 5.69 Å². The Labute approximate surface area is 144 Å². The van der Waals surface area contributed by atoms with Crippen LogP contribution in [-0.2, 0) is 13.0 Å². The Morgan fingerprint density at radius 1 is 1.28 bits per heavy atom. The Hall–Kier alpha value is -2.74. The molecular formula is C17H21FN4O3. The van der Waals surface area contributed by atoms with Crippen molar-refractivity contribution in [1.29, 1.82) is 0 Å². The first-order valence-corrected chi connectivity index (χ1v) is 7.83. The van der Waals surface area contributed by atoms with Crippen molar-refractivity contribution in [2.75, 3.05) is 27.2 Å². The summed E-state index contributed by atoms with van der Waals surface area (Å²) < 4.78 is 14.0. The maximum Gasteiger partial charge on any atom is 0.331 e. The molecule has 134 valence electrons. The molecular weight excluding hydrogens is 327 g/mol. The molecule has 7 nitrogen and oxygen atoms in total. The number of hydrogen-bond donors (Lipinski definition) is 2. The Balaban J connectivity index is 2.20. The van der Waals surface area contributed by atoms with Crippen LogP contribution < -0.4 is 11.2 Å². The molecule has 2 rings (SSSR count). The van der Waals surface area contributed by atoms with Crippen LogP contribution in [0.2, 0.25) is 0 Å².